The van der Waals surface area contributed by atoms with Crippen LogP contribution in [0.25, 0.3) is 0 Å². The molecule has 0 spiro atoms. The number of hydrogen-bond donors (Lipinski definition) is 0. The fourth-order valence-electron chi connectivity index (χ4n) is 1.80. The van der Waals surface area contributed by atoms with Crippen molar-refractivity contribution in [3.63, 3.8) is 0 Å². The summed E-state index contributed by atoms with van der Waals surface area (Å²) < 4.78 is 32.2. The van der Waals surface area contributed by atoms with E-state index in [1.165, 1.54) is 12.1 Å². The van der Waals surface area contributed by atoms with Crippen molar-refractivity contribution in [2.45, 2.75) is 6.92 Å². The van der Waals surface area contributed by atoms with E-state index in [0.29, 0.717) is 11.3 Å². The lowest BCUT2D eigenvalue weighted by Crippen LogP contribution is -2.15. The van der Waals surface area contributed by atoms with E-state index in [-0.39, 0.29) is 0 Å². The maximum Gasteiger partial charge on any atom is 0.206 e. The molecule has 0 fully saturated rings. The molecule has 3 nitrogen and oxygen atoms in total. The van der Waals surface area contributed by atoms with Crippen LogP contribution in [0.1, 0.15) is 21.5 Å². The minimum atomic E-state index is -0.925. The number of nitrogens with zero attached hydrogens (tertiary/aromatic N) is 1. The van der Waals surface area contributed by atoms with Crippen LogP contribution in [0.4, 0.5) is 8.78 Å². The van der Waals surface area contributed by atoms with Crippen molar-refractivity contribution >= 4 is 5.78 Å². The molecule has 0 radical (unpaired) electrons. The number of aryl methyl sites for hydroxylation is 1. The monoisotopic (exact) mass is 287 g/mol. The standard InChI is InChI=1S/C16H11F2NO2/c1-10-5-6-11(8-19)7-15(10)21-9-14(20)16-12(17)3-2-4-13(16)18/h2-7H,9H2,1H3. The molecular weight excluding hydrogens is 276 g/mol. The molecule has 0 bridgehead atoms. The maximum absolute atomic E-state index is 13.5. The Labute approximate surface area is 120 Å². The molecule has 21 heavy (non-hydrogen) atoms. The van der Waals surface area contributed by atoms with Gasteiger partial charge in [-0.3, -0.25) is 4.79 Å². The molecule has 0 N–H and O–H groups in total. The predicted octanol–water partition coefficient (Wildman–Crippen LogP) is 3.41. The number of ketones is 1. The van der Waals surface area contributed by atoms with E-state index in [9.17, 15) is 13.6 Å². The molecule has 0 aliphatic heterocycles. The van der Waals surface area contributed by atoms with Crippen molar-refractivity contribution < 1.29 is 18.3 Å². The smallest absolute Gasteiger partial charge is 0.206 e. The van der Waals surface area contributed by atoms with Crippen LogP contribution in [-0.2, 0) is 0 Å². The molecule has 2 aromatic carbocycles. The Morgan fingerprint density at radius 1 is 1.24 bits per heavy atom. The van der Waals surface area contributed by atoms with Gasteiger partial charge in [0.1, 0.15) is 17.4 Å². The Kier molecular flexibility index (Phi) is 4.29. The summed E-state index contributed by atoms with van der Waals surface area (Å²) in [6.07, 6.45) is 0. The maximum atomic E-state index is 13.5. The lowest BCUT2D eigenvalue weighted by atomic mass is 10.1. The van der Waals surface area contributed by atoms with Crippen molar-refractivity contribution in [2.75, 3.05) is 6.61 Å². The number of hydrogen-bond acceptors (Lipinski definition) is 3. The Balaban J connectivity index is 2.17. The topological polar surface area (TPSA) is 50.1 Å². The first-order valence-electron chi connectivity index (χ1n) is 6.13. The van der Waals surface area contributed by atoms with Crippen molar-refractivity contribution in [3.8, 4) is 11.8 Å². The number of ether oxygens (including phenoxy) is 1. The Morgan fingerprint density at radius 2 is 1.90 bits per heavy atom. The van der Waals surface area contributed by atoms with Gasteiger partial charge in [0.05, 0.1) is 17.2 Å². The van der Waals surface area contributed by atoms with Crippen molar-refractivity contribution in [1.82, 2.24) is 0 Å². The Hall–Kier alpha value is -2.74. The van der Waals surface area contributed by atoms with E-state index >= 15 is 0 Å². The lowest BCUT2D eigenvalue weighted by Gasteiger charge is -2.09. The van der Waals surface area contributed by atoms with Crippen LogP contribution in [0, 0.1) is 29.9 Å². The number of nitriles is 1. The molecule has 0 saturated heterocycles. The van der Waals surface area contributed by atoms with Gasteiger partial charge in [-0.1, -0.05) is 12.1 Å². The summed E-state index contributed by atoms with van der Waals surface area (Å²) in [5, 5.41) is 8.81. The van der Waals surface area contributed by atoms with Gasteiger partial charge in [-0.25, -0.2) is 8.78 Å². The fraction of sp³-hybridized carbons (Fsp3) is 0.125. The summed E-state index contributed by atoms with van der Waals surface area (Å²) in [4.78, 5) is 11.9. The van der Waals surface area contributed by atoms with E-state index in [2.05, 4.69) is 0 Å². The highest BCUT2D eigenvalue weighted by Gasteiger charge is 2.17. The molecule has 0 aromatic heterocycles. The summed E-state index contributed by atoms with van der Waals surface area (Å²) in [7, 11) is 0. The first kappa shape index (κ1) is 14.7. The third-order valence-electron chi connectivity index (χ3n) is 2.92. The first-order chi connectivity index (χ1) is 10.0. The van der Waals surface area contributed by atoms with Gasteiger partial charge in [0.25, 0.3) is 0 Å². The molecule has 5 heteroatoms. The largest absolute Gasteiger partial charge is 0.485 e. The molecule has 0 aliphatic carbocycles. The van der Waals surface area contributed by atoms with Gasteiger partial charge in [0.2, 0.25) is 5.78 Å². The highest BCUT2D eigenvalue weighted by Crippen LogP contribution is 2.20. The van der Waals surface area contributed by atoms with Gasteiger partial charge in [-0.2, -0.15) is 5.26 Å². The Morgan fingerprint density at radius 3 is 2.52 bits per heavy atom. The number of Topliss-reactive ketones (excluding diaryl/α,β-unsaturated/α-hetero) is 1. The molecule has 2 aromatic rings. The van der Waals surface area contributed by atoms with Gasteiger partial charge in [0.15, 0.2) is 6.61 Å². The van der Waals surface area contributed by atoms with Crippen LogP contribution in [0.5, 0.6) is 5.75 Å². The molecule has 0 saturated carbocycles. The minimum absolute atomic E-state index is 0.333. The van der Waals surface area contributed by atoms with Gasteiger partial charge >= 0.3 is 0 Å². The SMILES string of the molecule is Cc1ccc(C#N)cc1OCC(=O)c1c(F)cccc1F. The summed E-state index contributed by atoms with van der Waals surface area (Å²) in [6, 6.07) is 9.91. The molecule has 2 rings (SSSR count). The molecule has 106 valence electrons. The lowest BCUT2D eigenvalue weighted by molar-refractivity contribution is 0.0912. The van der Waals surface area contributed by atoms with Gasteiger partial charge in [-0.15, -0.1) is 0 Å². The first-order valence-corrected chi connectivity index (χ1v) is 6.13. The quantitative estimate of drug-likeness (QED) is 0.810. The van der Waals surface area contributed by atoms with Crippen LogP contribution < -0.4 is 4.74 Å². The second-order valence-corrected chi connectivity index (χ2v) is 4.40. The van der Waals surface area contributed by atoms with Crippen LogP contribution in [0.3, 0.4) is 0 Å². The van der Waals surface area contributed by atoms with E-state index in [0.717, 1.165) is 17.7 Å². The highest BCUT2D eigenvalue weighted by molar-refractivity contribution is 5.97. The zero-order chi connectivity index (χ0) is 15.4. The van der Waals surface area contributed by atoms with Crippen molar-refractivity contribution in [2.24, 2.45) is 0 Å². The van der Waals surface area contributed by atoms with E-state index in [1.54, 1.807) is 19.1 Å². The summed E-state index contributed by atoms with van der Waals surface area (Å²) in [5.74, 6) is -2.32. The second kappa shape index (κ2) is 6.14. The highest BCUT2D eigenvalue weighted by atomic mass is 19.1. The van der Waals surface area contributed by atoms with Crippen molar-refractivity contribution in [1.29, 1.82) is 5.26 Å². The Bertz CT molecular complexity index is 715. The van der Waals surface area contributed by atoms with Gasteiger partial charge in [0, 0.05) is 0 Å². The number of carbonyl (C=O) groups excluding carboxylic acids is 1. The average Bonchev–Trinajstić information content (AvgIpc) is 2.46. The molecule has 0 aliphatic rings. The van der Waals surface area contributed by atoms with E-state index < -0.39 is 29.6 Å². The minimum Gasteiger partial charge on any atom is -0.485 e. The van der Waals surface area contributed by atoms with Crippen molar-refractivity contribution in [3.05, 3.63) is 64.7 Å². The molecule has 0 heterocycles. The second-order valence-electron chi connectivity index (χ2n) is 4.40. The van der Waals surface area contributed by atoms with E-state index in [1.807, 2.05) is 6.07 Å². The fourth-order valence-corrected chi connectivity index (χ4v) is 1.80. The third kappa shape index (κ3) is 3.23. The number of carbonyl (C=O) groups is 1. The zero-order valence-electron chi connectivity index (χ0n) is 11.2. The zero-order valence-corrected chi connectivity index (χ0v) is 11.2. The van der Waals surface area contributed by atoms with Crippen LogP contribution >= 0.6 is 0 Å². The molecule has 0 atom stereocenters. The normalized spacial score (nSPS) is 10.0. The van der Waals surface area contributed by atoms with Gasteiger partial charge in [-0.05, 0) is 36.8 Å². The van der Waals surface area contributed by atoms with E-state index in [4.69, 9.17) is 10.00 Å². The molecular formula is C16H11F2NO2. The third-order valence-corrected chi connectivity index (χ3v) is 2.92. The van der Waals surface area contributed by atoms with Crippen LogP contribution in [0.2, 0.25) is 0 Å². The number of halogens is 2. The molecule has 0 amide bonds. The summed E-state index contributed by atoms with van der Waals surface area (Å²) in [6.45, 7) is 1.23. The van der Waals surface area contributed by atoms with Gasteiger partial charge < -0.3 is 4.74 Å². The predicted molar refractivity (Wildman–Crippen MR) is 72.1 cm³/mol. The van der Waals surface area contributed by atoms with Crippen LogP contribution in [0.15, 0.2) is 36.4 Å². The number of benzene rings is 2. The number of rotatable bonds is 4. The summed E-state index contributed by atoms with van der Waals surface area (Å²) >= 11 is 0. The molecule has 0 unspecified atom stereocenters. The van der Waals surface area contributed by atoms with Crippen LogP contribution in [-0.4, -0.2) is 12.4 Å². The summed E-state index contributed by atoms with van der Waals surface area (Å²) in [5.41, 5.74) is 0.475. The average molecular weight is 287 g/mol.